The average Bonchev–Trinajstić information content (AvgIpc) is 2.29. The molecule has 0 saturated carbocycles. The van der Waals surface area contributed by atoms with E-state index < -0.39 is 6.04 Å². The Morgan fingerprint density at radius 2 is 1.94 bits per heavy atom. The van der Waals surface area contributed by atoms with Crippen LogP contribution in [0.3, 0.4) is 0 Å². The fourth-order valence-electron chi connectivity index (χ4n) is 1.53. The van der Waals surface area contributed by atoms with Crippen LogP contribution in [0.2, 0.25) is 0 Å². The summed E-state index contributed by atoms with van der Waals surface area (Å²) in [7, 11) is 0. The molecule has 0 aliphatic heterocycles. The predicted octanol–water partition coefficient (Wildman–Crippen LogP) is 2.01. The third kappa shape index (κ3) is 5.04. The van der Waals surface area contributed by atoms with E-state index in [-0.39, 0.29) is 11.0 Å². The molecular weight excluding hydrogens is 234 g/mol. The SMILES string of the molecule is CCSC(=O)[C@H](Cc1ccccc1)NC(C)=O. The van der Waals surface area contributed by atoms with Crippen LogP contribution in [0.25, 0.3) is 0 Å². The van der Waals surface area contributed by atoms with E-state index in [0.29, 0.717) is 6.42 Å². The van der Waals surface area contributed by atoms with Crippen molar-refractivity contribution < 1.29 is 9.59 Å². The molecule has 92 valence electrons. The molecule has 1 atom stereocenters. The fraction of sp³-hybridized carbons (Fsp3) is 0.385. The molecule has 0 heterocycles. The van der Waals surface area contributed by atoms with Crippen LogP contribution in [-0.2, 0) is 16.0 Å². The van der Waals surface area contributed by atoms with E-state index >= 15 is 0 Å². The van der Waals surface area contributed by atoms with Crippen LogP contribution in [0.15, 0.2) is 30.3 Å². The van der Waals surface area contributed by atoms with E-state index in [2.05, 4.69) is 5.32 Å². The van der Waals surface area contributed by atoms with Gasteiger partial charge in [-0.1, -0.05) is 49.0 Å². The zero-order chi connectivity index (χ0) is 12.7. The molecule has 0 bridgehead atoms. The lowest BCUT2D eigenvalue weighted by atomic mass is 10.1. The van der Waals surface area contributed by atoms with Crippen molar-refractivity contribution in [2.45, 2.75) is 26.3 Å². The van der Waals surface area contributed by atoms with Gasteiger partial charge in [-0.3, -0.25) is 9.59 Å². The number of rotatable bonds is 5. The van der Waals surface area contributed by atoms with Crippen LogP contribution in [0.5, 0.6) is 0 Å². The molecule has 1 amide bonds. The van der Waals surface area contributed by atoms with Gasteiger partial charge in [-0.25, -0.2) is 0 Å². The molecule has 1 aromatic rings. The minimum absolute atomic E-state index is 0.0200. The Bertz CT molecular complexity index is 378. The zero-order valence-electron chi connectivity index (χ0n) is 10.1. The highest BCUT2D eigenvalue weighted by atomic mass is 32.2. The van der Waals surface area contributed by atoms with Crippen molar-refractivity contribution in [3.05, 3.63) is 35.9 Å². The van der Waals surface area contributed by atoms with Crippen molar-refractivity contribution >= 4 is 22.8 Å². The lowest BCUT2D eigenvalue weighted by Gasteiger charge is -2.15. The lowest BCUT2D eigenvalue weighted by Crippen LogP contribution is -2.40. The van der Waals surface area contributed by atoms with Gasteiger partial charge in [0.05, 0.1) is 0 Å². The van der Waals surface area contributed by atoms with Gasteiger partial charge in [0.1, 0.15) is 6.04 Å². The molecule has 0 saturated heterocycles. The maximum atomic E-state index is 11.8. The maximum absolute atomic E-state index is 11.8. The minimum atomic E-state index is -0.431. The number of nitrogens with one attached hydrogen (secondary N) is 1. The molecule has 0 radical (unpaired) electrons. The largest absolute Gasteiger partial charge is 0.345 e. The van der Waals surface area contributed by atoms with Gasteiger partial charge in [0, 0.05) is 13.3 Å². The molecule has 0 aliphatic rings. The second-order valence-electron chi connectivity index (χ2n) is 3.69. The van der Waals surface area contributed by atoms with Gasteiger partial charge in [0.25, 0.3) is 0 Å². The average molecular weight is 251 g/mol. The highest BCUT2D eigenvalue weighted by Gasteiger charge is 2.19. The summed E-state index contributed by atoms with van der Waals surface area (Å²) in [5.74, 6) is 0.556. The second kappa shape index (κ2) is 7.12. The Morgan fingerprint density at radius 3 is 2.47 bits per heavy atom. The Hall–Kier alpha value is -1.29. The molecule has 0 spiro atoms. The first-order valence-corrected chi connectivity index (χ1v) is 6.59. The smallest absolute Gasteiger partial charge is 0.217 e. The van der Waals surface area contributed by atoms with Gasteiger partial charge in [-0.2, -0.15) is 0 Å². The van der Waals surface area contributed by atoms with E-state index in [4.69, 9.17) is 0 Å². The Kier molecular flexibility index (Phi) is 5.77. The number of hydrogen-bond donors (Lipinski definition) is 1. The van der Waals surface area contributed by atoms with Crippen molar-refractivity contribution in [3.63, 3.8) is 0 Å². The summed E-state index contributed by atoms with van der Waals surface area (Å²) in [5.41, 5.74) is 1.05. The number of amides is 1. The Morgan fingerprint density at radius 1 is 1.29 bits per heavy atom. The van der Waals surface area contributed by atoms with Crippen molar-refractivity contribution in [3.8, 4) is 0 Å². The van der Waals surface area contributed by atoms with E-state index in [0.717, 1.165) is 11.3 Å². The fourth-order valence-corrected chi connectivity index (χ4v) is 2.16. The van der Waals surface area contributed by atoms with Gasteiger partial charge in [0.15, 0.2) is 0 Å². The van der Waals surface area contributed by atoms with E-state index in [9.17, 15) is 9.59 Å². The van der Waals surface area contributed by atoms with E-state index in [1.54, 1.807) is 0 Å². The minimum Gasteiger partial charge on any atom is -0.345 e. The third-order valence-corrected chi connectivity index (χ3v) is 3.09. The first-order valence-electron chi connectivity index (χ1n) is 5.61. The molecule has 4 heteroatoms. The molecule has 3 nitrogen and oxygen atoms in total. The van der Waals surface area contributed by atoms with Gasteiger partial charge in [0.2, 0.25) is 11.0 Å². The summed E-state index contributed by atoms with van der Waals surface area (Å²) in [5, 5.41) is 2.72. The van der Waals surface area contributed by atoms with Crippen LogP contribution in [0, 0.1) is 0 Å². The molecule has 0 aliphatic carbocycles. The third-order valence-electron chi connectivity index (χ3n) is 2.23. The van der Waals surface area contributed by atoms with Crippen LogP contribution in [0.1, 0.15) is 19.4 Å². The van der Waals surface area contributed by atoms with Crippen LogP contribution in [0.4, 0.5) is 0 Å². The number of carbonyl (C=O) groups is 2. The molecule has 0 aromatic heterocycles. The van der Waals surface area contributed by atoms with Crippen molar-refractivity contribution in [1.82, 2.24) is 5.32 Å². The second-order valence-corrected chi connectivity index (χ2v) is 4.96. The van der Waals surface area contributed by atoms with Crippen LogP contribution >= 0.6 is 11.8 Å². The molecular formula is C13H17NO2S. The molecule has 17 heavy (non-hydrogen) atoms. The summed E-state index contributed by atoms with van der Waals surface area (Å²) in [4.78, 5) is 22.9. The van der Waals surface area contributed by atoms with Gasteiger partial charge < -0.3 is 5.32 Å². The first-order chi connectivity index (χ1) is 8.13. The molecule has 0 fully saturated rings. The van der Waals surface area contributed by atoms with Gasteiger partial charge >= 0.3 is 0 Å². The normalized spacial score (nSPS) is 11.9. The predicted molar refractivity (Wildman–Crippen MR) is 70.9 cm³/mol. The zero-order valence-corrected chi connectivity index (χ0v) is 10.9. The highest BCUT2D eigenvalue weighted by Crippen LogP contribution is 2.10. The maximum Gasteiger partial charge on any atom is 0.217 e. The van der Waals surface area contributed by atoms with E-state index in [1.807, 2.05) is 37.3 Å². The molecule has 1 N–H and O–H groups in total. The quantitative estimate of drug-likeness (QED) is 0.870. The molecule has 0 unspecified atom stereocenters. The number of carbonyl (C=O) groups excluding carboxylic acids is 2. The van der Waals surface area contributed by atoms with Crippen LogP contribution in [-0.4, -0.2) is 22.8 Å². The summed E-state index contributed by atoms with van der Waals surface area (Å²) in [6.07, 6.45) is 0.548. The van der Waals surface area contributed by atoms with Gasteiger partial charge in [-0.15, -0.1) is 0 Å². The number of benzene rings is 1. The Balaban J connectivity index is 2.70. The van der Waals surface area contributed by atoms with Crippen molar-refractivity contribution in [1.29, 1.82) is 0 Å². The van der Waals surface area contributed by atoms with Crippen LogP contribution < -0.4 is 5.32 Å². The lowest BCUT2D eigenvalue weighted by molar-refractivity contribution is -0.123. The first kappa shape index (κ1) is 13.8. The topological polar surface area (TPSA) is 46.2 Å². The molecule has 1 rings (SSSR count). The standard InChI is InChI=1S/C13H17NO2S/c1-3-17-13(16)12(14-10(2)15)9-11-7-5-4-6-8-11/h4-8,12H,3,9H2,1-2H3,(H,14,15)/t12-/m0/s1. The summed E-state index contributed by atoms with van der Waals surface area (Å²) >= 11 is 1.25. The van der Waals surface area contributed by atoms with Gasteiger partial charge in [-0.05, 0) is 11.3 Å². The summed E-state index contributed by atoms with van der Waals surface area (Å²) in [6.45, 7) is 3.36. The number of thioether (sulfide) groups is 1. The van der Waals surface area contributed by atoms with Crippen molar-refractivity contribution in [2.24, 2.45) is 0 Å². The van der Waals surface area contributed by atoms with Crippen molar-refractivity contribution in [2.75, 3.05) is 5.75 Å². The summed E-state index contributed by atoms with van der Waals surface area (Å²) in [6, 6.07) is 9.27. The number of hydrogen-bond acceptors (Lipinski definition) is 3. The molecule has 1 aromatic carbocycles. The van der Waals surface area contributed by atoms with E-state index in [1.165, 1.54) is 18.7 Å². The highest BCUT2D eigenvalue weighted by molar-refractivity contribution is 8.13. The Labute approximate surface area is 106 Å². The monoisotopic (exact) mass is 251 g/mol. The summed E-state index contributed by atoms with van der Waals surface area (Å²) < 4.78 is 0.